The highest BCUT2D eigenvalue weighted by Gasteiger charge is 2.27. The first-order chi connectivity index (χ1) is 16.5. The van der Waals surface area contributed by atoms with Crippen LogP contribution in [0.4, 0.5) is 0 Å². The summed E-state index contributed by atoms with van der Waals surface area (Å²) in [6.45, 7) is 5.34. The van der Waals surface area contributed by atoms with Gasteiger partial charge in [0, 0.05) is 38.5 Å². The zero-order valence-corrected chi connectivity index (χ0v) is 21.1. The second kappa shape index (κ2) is 13.5. The summed E-state index contributed by atoms with van der Waals surface area (Å²) in [5.41, 5.74) is 1.58. The Morgan fingerprint density at radius 3 is 2.50 bits per heavy atom. The van der Waals surface area contributed by atoms with Crippen molar-refractivity contribution in [1.29, 1.82) is 0 Å². The van der Waals surface area contributed by atoms with Crippen molar-refractivity contribution in [3.05, 3.63) is 52.0 Å². The molecule has 1 aliphatic heterocycles. The maximum absolute atomic E-state index is 13.0. The molecule has 2 amide bonds. The van der Waals surface area contributed by atoms with E-state index in [4.69, 9.17) is 14.2 Å². The summed E-state index contributed by atoms with van der Waals surface area (Å²) < 4.78 is 15.7. The summed E-state index contributed by atoms with van der Waals surface area (Å²) in [6.07, 6.45) is 1.67. The van der Waals surface area contributed by atoms with Crippen LogP contribution in [0.25, 0.3) is 0 Å². The number of likely N-dealkylation sites (tertiary alicyclic amines) is 1. The molecular weight excluding hydrogens is 454 g/mol. The highest BCUT2D eigenvalue weighted by atomic mass is 32.1. The molecule has 34 heavy (non-hydrogen) atoms. The Balaban J connectivity index is 1.42. The number of ether oxygens (including phenoxy) is 3. The van der Waals surface area contributed by atoms with E-state index in [2.05, 4.69) is 4.98 Å². The Labute approximate surface area is 205 Å². The van der Waals surface area contributed by atoms with Gasteiger partial charge in [0.05, 0.1) is 37.5 Å². The molecule has 0 bridgehead atoms. The van der Waals surface area contributed by atoms with E-state index in [-0.39, 0.29) is 30.4 Å². The summed E-state index contributed by atoms with van der Waals surface area (Å²) in [5.74, 6) is 0.194. The lowest BCUT2D eigenvalue weighted by Crippen LogP contribution is -2.40. The monoisotopic (exact) mass is 489 g/mol. The van der Waals surface area contributed by atoms with Crippen molar-refractivity contribution in [2.45, 2.75) is 31.7 Å². The maximum atomic E-state index is 13.0. The lowest BCUT2D eigenvalue weighted by atomic mass is 9.97. The molecule has 1 aromatic heterocycles. The third kappa shape index (κ3) is 7.33. The van der Waals surface area contributed by atoms with Gasteiger partial charge in [-0.1, -0.05) is 30.3 Å². The average Bonchev–Trinajstić information content (AvgIpc) is 3.37. The molecule has 3 rings (SSSR count). The van der Waals surface area contributed by atoms with Gasteiger partial charge in [-0.2, -0.15) is 0 Å². The molecule has 186 valence electrons. The van der Waals surface area contributed by atoms with Gasteiger partial charge in [0.15, 0.2) is 0 Å². The molecule has 1 aliphatic rings. The van der Waals surface area contributed by atoms with E-state index >= 15 is 0 Å². The van der Waals surface area contributed by atoms with Crippen LogP contribution in [0.2, 0.25) is 0 Å². The largest absolute Gasteiger partial charge is 0.382 e. The van der Waals surface area contributed by atoms with Crippen molar-refractivity contribution >= 4 is 23.2 Å². The fraction of sp³-hybridized carbons (Fsp3) is 0.560. The predicted octanol–water partition coefficient (Wildman–Crippen LogP) is 3.36. The number of thiazole rings is 1. The summed E-state index contributed by atoms with van der Waals surface area (Å²) >= 11 is 1.53. The zero-order chi connectivity index (χ0) is 24.3. The normalized spacial score (nSPS) is 15.3. The van der Waals surface area contributed by atoms with E-state index in [0.29, 0.717) is 45.2 Å². The van der Waals surface area contributed by atoms with E-state index in [1.54, 1.807) is 12.0 Å². The molecule has 1 fully saturated rings. The molecule has 1 unspecified atom stereocenters. The van der Waals surface area contributed by atoms with Crippen molar-refractivity contribution in [2.75, 3.05) is 60.3 Å². The minimum atomic E-state index is -0.0742. The van der Waals surface area contributed by atoms with Gasteiger partial charge in [-0.3, -0.25) is 9.59 Å². The highest BCUT2D eigenvalue weighted by molar-refractivity contribution is 7.09. The standard InChI is InChI=1S/C25H35N3O5S/c1-19(20-7-5-4-6-8-20)27(2)25(30)22-18-34-24(26-22)21-9-11-28(12-10-21)23(29)17-33-16-15-32-14-13-31-3/h4-8,18-19,21H,9-17H2,1-3H3. The first-order valence-electron chi connectivity index (χ1n) is 11.7. The number of methoxy groups -OCH3 is 1. The molecule has 0 N–H and O–H groups in total. The summed E-state index contributed by atoms with van der Waals surface area (Å²) in [4.78, 5) is 33.6. The Hall–Kier alpha value is -2.33. The van der Waals surface area contributed by atoms with E-state index < -0.39 is 0 Å². The quantitative estimate of drug-likeness (QED) is 0.425. The van der Waals surface area contributed by atoms with Crippen molar-refractivity contribution in [1.82, 2.24) is 14.8 Å². The fourth-order valence-electron chi connectivity index (χ4n) is 3.87. The molecule has 0 saturated carbocycles. The van der Waals surface area contributed by atoms with Crippen LogP contribution < -0.4 is 0 Å². The second-order valence-electron chi connectivity index (χ2n) is 8.39. The smallest absolute Gasteiger partial charge is 0.273 e. The van der Waals surface area contributed by atoms with E-state index in [1.165, 1.54) is 11.3 Å². The molecule has 0 spiro atoms. The number of carbonyl (C=O) groups excluding carboxylic acids is 2. The summed E-state index contributed by atoms with van der Waals surface area (Å²) in [6, 6.07) is 9.94. The number of benzene rings is 1. The van der Waals surface area contributed by atoms with Crippen LogP contribution in [0, 0.1) is 0 Å². The van der Waals surface area contributed by atoms with Gasteiger partial charge in [-0.15, -0.1) is 11.3 Å². The molecule has 1 atom stereocenters. The predicted molar refractivity (Wildman–Crippen MR) is 131 cm³/mol. The van der Waals surface area contributed by atoms with Gasteiger partial charge in [-0.25, -0.2) is 4.98 Å². The molecule has 9 heteroatoms. The number of rotatable bonds is 12. The Bertz CT molecular complexity index is 899. The van der Waals surface area contributed by atoms with Crippen LogP contribution in [0.3, 0.4) is 0 Å². The van der Waals surface area contributed by atoms with Crippen LogP contribution in [-0.2, 0) is 19.0 Å². The third-order valence-corrected chi connectivity index (χ3v) is 7.16. The minimum absolute atomic E-state index is 0.00173. The van der Waals surface area contributed by atoms with Crippen molar-refractivity contribution in [3.8, 4) is 0 Å². The molecule has 1 saturated heterocycles. The number of nitrogens with zero attached hydrogens (tertiary/aromatic N) is 3. The van der Waals surface area contributed by atoms with Crippen LogP contribution in [-0.4, -0.2) is 86.9 Å². The first-order valence-corrected chi connectivity index (χ1v) is 12.6. The van der Waals surface area contributed by atoms with Gasteiger partial charge >= 0.3 is 0 Å². The fourth-order valence-corrected chi connectivity index (χ4v) is 4.84. The number of carbonyl (C=O) groups is 2. The highest BCUT2D eigenvalue weighted by Crippen LogP contribution is 2.31. The molecule has 2 heterocycles. The number of hydrogen-bond acceptors (Lipinski definition) is 7. The molecular formula is C25H35N3O5S. The Kier molecular flexibility index (Phi) is 10.5. The van der Waals surface area contributed by atoms with E-state index in [1.807, 2.05) is 54.6 Å². The second-order valence-corrected chi connectivity index (χ2v) is 9.28. The topological polar surface area (TPSA) is 81.2 Å². The van der Waals surface area contributed by atoms with E-state index in [9.17, 15) is 9.59 Å². The molecule has 1 aromatic carbocycles. The Morgan fingerprint density at radius 1 is 1.12 bits per heavy atom. The van der Waals surface area contributed by atoms with E-state index in [0.717, 1.165) is 23.4 Å². The molecule has 8 nitrogen and oxygen atoms in total. The Morgan fingerprint density at radius 2 is 1.79 bits per heavy atom. The van der Waals surface area contributed by atoms with Crippen LogP contribution in [0.15, 0.2) is 35.7 Å². The van der Waals surface area contributed by atoms with Crippen LogP contribution in [0.1, 0.15) is 52.8 Å². The first kappa shape index (κ1) is 26.3. The average molecular weight is 490 g/mol. The number of hydrogen-bond donors (Lipinski definition) is 0. The van der Waals surface area contributed by atoms with Crippen LogP contribution in [0.5, 0.6) is 0 Å². The summed E-state index contributed by atoms with van der Waals surface area (Å²) in [7, 11) is 3.44. The van der Waals surface area contributed by atoms with Gasteiger partial charge < -0.3 is 24.0 Å². The van der Waals surface area contributed by atoms with Crippen molar-refractivity contribution < 1.29 is 23.8 Å². The lowest BCUT2D eigenvalue weighted by Gasteiger charge is -2.31. The van der Waals surface area contributed by atoms with Crippen molar-refractivity contribution in [3.63, 3.8) is 0 Å². The molecule has 0 aliphatic carbocycles. The lowest BCUT2D eigenvalue weighted by molar-refractivity contribution is -0.137. The van der Waals surface area contributed by atoms with Gasteiger partial charge in [-0.05, 0) is 25.3 Å². The number of amides is 2. The molecule has 2 aromatic rings. The maximum Gasteiger partial charge on any atom is 0.273 e. The van der Waals surface area contributed by atoms with Crippen molar-refractivity contribution in [2.24, 2.45) is 0 Å². The van der Waals surface area contributed by atoms with Gasteiger partial charge in [0.1, 0.15) is 12.3 Å². The third-order valence-electron chi connectivity index (χ3n) is 6.15. The van der Waals surface area contributed by atoms with Crippen LogP contribution >= 0.6 is 11.3 Å². The number of aromatic nitrogens is 1. The minimum Gasteiger partial charge on any atom is -0.382 e. The summed E-state index contributed by atoms with van der Waals surface area (Å²) in [5, 5.41) is 2.83. The zero-order valence-electron chi connectivity index (χ0n) is 20.3. The van der Waals surface area contributed by atoms with Gasteiger partial charge in [0.2, 0.25) is 5.91 Å². The molecule has 0 radical (unpaired) electrons. The van der Waals surface area contributed by atoms with Gasteiger partial charge in [0.25, 0.3) is 5.91 Å². The SMILES string of the molecule is COCCOCCOCC(=O)N1CCC(c2nc(C(=O)N(C)C(C)c3ccccc3)cs2)CC1. The number of piperidine rings is 1.